The molecule has 3 N–H and O–H groups in total. The molecule has 1 aromatic carbocycles. The Morgan fingerprint density at radius 1 is 1.20 bits per heavy atom. The molecular formula is C18H29ClN4O2. The number of hydrogen-bond acceptors (Lipinski definition) is 3. The lowest BCUT2D eigenvalue weighted by atomic mass is 9.98. The molecule has 2 atom stereocenters. The zero-order valence-electron chi connectivity index (χ0n) is 15.2. The summed E-state index contributed by atoms with van der Waals surface area (Å²) in [6.45, 7) is 8.13. The molecule has 2 unspecified atom stereocenters. The number of carbonyl (C=O) groups is 2. The fourth-order valence-electron chi connectivity index (χ4n) is 2.76. The first-order chi connectivity index (χ1) is 11.4. The lowest BCUT2D eigenvalue weighted by molar-refractivity contribution is -0.135. The molecule has 1 aliphatic rings. The van der Waals surface area contributed by atoms with Gasteiger partial charge in [-0.25, -0.2) is 4.79 Å². The predicted molar refractivity (Wildman–Crippen MR) is 103 cm³/mol. The Morgan fingerprint density at radius 3 is 2.36 bits per heavy atom. The summed E-state index contributed by atoms with van der Waals surface area (Å²) in [5, 5.41) is 2.91. The Labute approximate surface area is 156 Å². The normalized spacial score (nSPS) is 16.6. The molecule has 0 saturated carbocycles. The number of hydrogen-bond donors (Lipinski definition) is 2. The minimum atomic E-state index is -0.456. The summed E-state index contributed by atoms with van der Waals surface area (Å²) in [7, 11) is 0. The Bertz CT molecular complexity index is 588. The molecule has 0 radical (unpaired) electrons. The third-order valence-corrected chi connectivity index (χ3v) is 4.69. The van der Waals surface area contributed by atoms with E-state index in [1.165, 1.54) is 0 Å². The molecule has 2 rings (SSSR count). The van der Waals surface area contributed by atoms with E-state index in [2.05, 4.69) is 5.32 Å². The molecule has 25 heavy (non-hydrogen) atoms. The molecule has 6 nitrogen and oxygen atoms in total. The molecule has 1 saturated heterocycles. The third kappa shape index (κ3) is 5.61. The molecule has 0 aromatic heterocycles. The summed E-state index contributed by atoms with van der Waals surface area (Å²) in [6.07, 6.45) is 0.881. The largest absolute Gasteiger partial charge is 0.338 e. The van der Waals surface area contributed by atoms with Crippen LogP contribution in [0.1, 0.15) is 25.8 Å². The quantitative estimate of drug-likeness (QED) is 0.856. The van der Waals surface area contributed by atoms with Gasteiger partial charge in [-0.1, -0.05) is 32.4 Å². The van der Waals surface area contributed by atoms with Gasteiger partial charge in [-0.15, -0.1) is 12.4 Å². The Morgan fingerprint density at radius 2 is 1.80 bits per heavy atom. The maximum atomic E-state index is 12.4. The van der Waals surface area contributed by atoms with Gasteiger partial charge >= 0.3 is 6.03 Å². The van der Waals surface area contributed by atoms with Crippen molar-refractivity contribution in [3.8, 4) is 0 Å². The highest BCUT2D eigenvalue weighted by Gasteiger charge is 2.29. The lowest BCUT2D eigenvalue weighted by Gasteiger charge is -2.36. The summed E-state index contributed by atoms with van der Waals surface area (Å²) in [5.41, 5.74) is 7.92. The van der Waals surface area contributed by atoms with E-state index >= 15 is 0 Å². The molecule has 3 amide bonds. The van der Waals surface area contributed by atoms with E-state index in [0.717, 1.165) is 17.7 Å². The number of nitrogens with zero attached hydrogens (tertiary/aromatic N) is 2. The number of nitrogens with one attached hydrogen (secondary N) is 1. The number of piperazine rings is 1. The smallest absolute Gasteiger partial charge is 0.321 e. The number of carbonyl (C=O) groups excluding carboxylic acids is 2. The van der Waals surface area contributed by atoms with Crippen LogP contribution in [0, 0.1) is 12.8 Å². The van der Waals surface area contributed by atoms with Crippen LogP contribution >= 0.6 is 12.4 Å². The van der Waals surface area contributed by atoms with Crippen LogP contribution in [0.4, 0.5) is 10.5 Å². The van der Waals surface area contributed by atoms with Crippen molar-refractivity contribution >= 4 is 30.0 Å². The fraction of sp³-hybridized carbons (Fsp3) is 0.556. The molecular weight excluding hydrogens is 340 g/mol. The van der Waals surface area contributed by atoms with Gasteiger partial charge in [-0.2, -0.15) is 0 Å². The van der Waals surface area contributed by atoms with E-state index in [4.69, 9.17) is 5.73 Å². The van der Waals surface area contributed by atoms with E-state index in [1.807, 2.05) is 45.0 Å². The number of benzene rings is 1. The topological polar surface area (TPSA) is 78.7 Å². The monoisotopic (exact) mass is 368 g/mol. The van der Waals surface area contributed by atoms with Gasteiger partial charge in [0.15, 0.2) is 0 Å². The minimum Gasteiger partial charge on any atom is -0.338 e. The van der Waals surface area contributed by atoms with Crippen LogP contribution in [0.3, 0.4) is 0 Å². The first-order valence-electron chi connectivity index (χ1n) is 8.59. The van der Waals surface area contributed by atoms with Crippen LogP contribution in [-0.2, 0) is 4.79 Å². The number of urea groups is 1. The van der Waals surface area contributed by atoms with Crippen molar-refractivity contribution in [2.24, 2.45) is 11.7 Å². The van der Waals surface area contributed by atoms with E-state index < -0.39 is 6.04 Å². The van der Waals surface area contributed by atoms with Crippen LogP contribution in [0.2, 0.25) is 0 Å². The maximum Gasteiger partial charge on any atom is 0.321 e. The third-order valence-electron chi connectivity index (χ3n) is 4.69. The molecule has 1 aliphatic heterocycles. The Hall–Kier alpha value is -1.79. The molecule has 1 aromatic rings. The van der Waals surface area contributed by atoms with E-state index in [-0.39, 0.29) is 30.3 Å². The summed E-state index contributed by atoms with van der Waals surface area (Å²) in [4.78, 5) is 28.2. The second-order valence-electron chi connectivity index (χ2n) is 6.52. The van der Waals surface area contributed by atoms with Crippen molar-refractivity contribution in [2.75, 3.05) is 31.5 Å². The molecule has 1 fully saturated rings. The molecule has 0 spiro atoms. The minimum absolute atomic E-state index is 0. The van der Waals surface area contributed by atoms with Gasteiger partial charge in [-0.05, 0) is 30.5 Å². The molecule has 1 heterocycles. The maximum absolute atomic E-state index is 12.4. The highest BCUT2D eigenvalue weighted by molar-refractivity contribution is 5.89. The number of halogens is 1. The summed E-state index contributed by atoms with van der Waals surface area (Å²) in [6, 6.07) is 7.12. The zero-order valence-corrected chi connectivity index (χ0v) is 16.0. The van der Waals surface area contributed by atoms with Gasteiger partial charge in [0, 0.05) is 31.9 Å². The van der Waals surface area contributed by atoms with E-state index in [9.17, 15) is 9.59 Å². The van der Waals surface area contributed by atoms with Crippen molar-refractivity contribution in [1.29, 1.82) is 0 Å². The molecule has 140 valence electrons. The van der Waals surface area contributed by atoms with Gasteiger partial charge in [0.25, 0.3) is 0 Å². The number of amides is 3. The van der Waals surface area contributed by atoms with Crippen LogP contribution in [0.25, 0.3) is 0 Å². The number of aryl methyl sites for hydroxylation is 1. The zero-order chi connectivity index (χ0) is 17.7. The fourth-order valence-corrected chi connectivity index (χ4v) is 2.76. The summed E-state index contributed by atoms with van der Waals surface area (Å²) < 4.78 is 0. The highest BCUT2D eigenvalue weighted by atomic mass is 35.5. The number of nitrogens with two attached hydrogens (primary N) is 1. The standard InChI is InChI=1S/C18H28N4O2.ClH/c1-4-14(3)16(19)17(23)21-8-10-22(11-9-21)18(24)20-15-7-5-6-13(2)12-15;/h5-7,12,14,16H,4,8-11,19H2,1-3H3,(H,20,24);1H. The van der Waals surface area contributed by atoms with Gasteiger partial charge in [0.1, 0.15) is 0 Å². The highest BCUT2D eigenvalue weighted by Crippen LogP contribution is 2.13. The van der Waals surface area contributed by atoms with Crippen molar-refractivity contribution in [3.63, 3.8) is 0 Å². The second kappa shape index (κ2) is 9.63. The van der Waals surface area contributed by atoms with Crippen molar-refractivity contribution < 1.29 is 9.59 Å². The average Bonchev–Trinajstić information content (AvgIpc) is 2.59. The lowest BCUT2D eigenvalue weighted by Crippen LogP contribution is -2.56. The molecule has 0 aliphatic carbocycles. The SMILES string of the molecule is CCC(C)C(N)C(=O)N1CCN(C(=O)Nc2cccc(C)c2)CC1.Cl. The Kier molecular flexibility index (Phi) is 8.19. The van der Waals surface area contributed by atoms with Crippen LogP contribution in [0.15, 0.2) is 24.3 Å². The van der Waals surface area contributed by atoms with E-state index in [1.54, 1.807) is 9.80 Å². The molecule has 0 bridgehead atoms. The Balaban J connectivity index is 0.00000312. The van der Waals surface area contributed by atoms with Crippen molar-refractivity contribution in [1.82, 2.24) is 9.80 Å². The number of anilines is 1. The van der Waals surface area contributed by atoms with Crippen LogP contribution in [-0.4, -0.2) is 54.0 Å². The van der Waals surface area contributed by atoms with Crippen LogP contribution in [0.5, 0.6) is 0 Å². The molecule has 7 heteroatoms. The summed E-state index contributed by atoms with van der Waals surface area (Å²) >= 11 is 0. The van der Waals surface area contributed by atoms with Gasteiger partial charge in [-0.3, -0.25) is 4.79 Å². The van der Waals surface area contributed by atoms with Gasteiger partial charge < -0.3 is 20.9 Å². The van der Waals surface area contributed by atoms with Crippen LogP contribution < -0.4 is 11.1 Å². The first-order valence-corrected chi connectivity index (χ1v) is 8.59. The predicted octanol–water partition coefficient (Wildman–Crippen LogP) is 2.47. The second-order valence-corrected chi connectivity index (χ2v) is 6.52. The van der Waals surface area contributed by atoms with Gasteiger partial charge in [0.2, 0.25) is 5.91 Å². The number of rotatable bonds is 4. The first kappa shape index (κ1) is 21.3. The van der Waals surface area contributed by atoms with Crippen molar-refractivity contribution in [2.45, 2.75) is 33.2 Å². The summed E-state index contributed by atoms with van der Waals surface area (Å²) in [5.74, 6) is 0.156. The van der Waals surface area contributed by atoms with Crippen molar-refractivity contribution in [3.05, 3.63) is 29.8 Å². The van der Waals surface area contributed by atoms with E-state index in [0.29, 0.717) is 26.2 Å². The average molecular weight is 369 g/mol. The van der Waals surface area contributed by atoms with Gasteiger partial charge in [0.05, 0.1) is 6.04 Å².